The number of aliphatic hydroxyl groups excluding tert-OH is 1. The SMILES string of the molecule is C.C=C(C)C(C)c1ccccc1.C=Cc1ccccc1.CO.COC(=O)CCc1ccccc1.[C-]#[O+]. The number of hydrogen-bond acceptors (Lipinski definition) is 3. The molecule has 194 valence electrons. The Morgan fingerprint density at radius 2 is 1.36 bits per heavy atom. The third kappa shape index (κ3) is 18.7. The molecule has 0 heterocycles. The fraction of sp³-hybridized carbons (Fsp3) is 0.250. The van der Waals surface area contributed by atoms with Crippen molar-refractivity contribution in [3.8, 4) is 0 Å². The van der Waals surface area contributed by atoms with Crippen molar-refractivity contribution < 1.29 is 19.3 Å². The van der Waals surface area contributed by atoms with Gasteiger partial charge in [0.05, 0.1) is 7.11 Å². The molecule has 0 aromatic heterocycles. The molecule has 36 heavy (non-hydrogen) atoms. The third-order valence-electron chi connectivity index (χ3n) is 4.76. The Balaban J connectivity index is -0.000000424. The van der Waals surface area contributed by atoms with E-state index in [1.807, 2.05) is 72.8 Å². The van der Waals surface area contributed by atoms with E-state index in [0.29, 0.717) is 12.3 Å². The monoisotopic (exact) mass is 490 g/mol. The van der Waals surface area contributed by atoms with Crippen molar-refractivity contribution in [3.05, 3.63) is 133 Å². The van der Waals surface area contributed by atoms with Gasteiger partial charge in [-0.15, -0.1) is 0 Å². The summed E-state index contributed by atoms with van der Waals surface area (Å²) in [6.45, 7) is 16.3. The standard InChI is InChI=1S/C11H14.C10H12O2.C8H8.CH4O.CO.CH4/c1-9(2)10(3)11-7-5-4-6-8-11;1-12-10(11)8-7-9-5-3-2-4-6-9;1-2-8-6-4-3-5-7-8;2*1-2;/h4-8,10H,1H2,2-3H3;2-6H,7-8H2,1H3;2-7H,1H2;2H,1H3;;1H4. The molecule has 3 rings (SSSR count). The van der Waals surface area contributed by atoms with E-state index >= 15 is 0 Å². The number of allylic oxidation sites excluding steroid dienone is 1. The number of methoxy groups -OCH3 is 1. The van der Waals surface area contributed by atoms with Crippen LogP contribution in [0.2, 0.25) is 0 Å². The molecule has 4 nitrogen and oxygen atoms in total. The molecule has 4 heteroatoms. The zero-order valence-electron chi connectivity index (χ0n) is 21.3. The Bertz CT molecular complexity index is 933. The number of rotatable bonds is 6. The molecule has 1 atom stereocenters. The molecule has 1 N–H and O–H groups in total. The second-order valence-corrected chi connectivity index (χ2v) is 7.16. The van der Waals surface area contributed by atoms with Crippen LogP contribution < -0.4 is 0 Å². The molecule has 0 aliphatic carbocycles. The molecule has 0 spiro atoms. The first-order valence-electron chi connectivity index (χ1n) is 11.1. The van der Waals surface area contributed by atoms with Gasteiger partial charge in [-0.2, -0.15) is 0 Å². The van der Waals surface area contributed by atoms with Crippen LogP contribution in [0, 0.1) is 6.65 Å². The first-order chi connectivity index (χ1) is 17.0. The Morgan fingerprint density at radius 1 is 0.944 bits per heavy atom. The topological polar surface area (TPSA) is 66.4 Å². The number of hydrogen-bond donors (Lipinski definition) is 1. The van der Waals surface area contributed by atoms with Crippen LogP contribution >= 0.6 is 0 Å². The van der Waals surface area contributed by atoms with Gasteiger partial charge in [0, 0.05) is 19.4 Å². The molecular formula is C32H42O4. The van der Waals surface area contributed by atoms with Gasteiger partial charge in [0.15, 0.2) is 0 Å². The number of ether oxygens (including phenoxy) is 1. The normalized spacial score (nSPS) is 9.08. The third-order valence-corrected chi connectivity index (χ3v) is 4.76. The predicted molar refractivity (Wildman–Crippen MR) is 152 cm³/mol. The first kappa shape index (κ1) is 36.9. The molecule has 0 aliphatic rings. The number of benzene rings is 3. The van der Waals surface area contributed by atoms with Crippen LogP contribution in [-0.4, -0.2) is 25.3 Å². The van der Waals surface area contributed by atoms with E-state index in [1.165, 1.54) is 29.4 Å². The summed E-state index contributed by atoms with van der Waals surface area (Å²) >= 11 is 0. The number of carbonyl (C=O) groups is 1. The quantitative estimate of drug-likeness (QED) is 0.167. The average molecular weight is 491 g/mol. The van der Waals surface area contributed by atoms with Gasteiger partial charge in [-0.05, 0) is 30.0 Å². The van der Waals surface area contributed by atoms with Gasteiger partial charge >= 0.3 is 17.3 Å². The van der Waals surface area contributed by atoms with Crippen molar-refractivity contribution in [2.24, 2.45) is 0 Å². The van der Waals surface area contributed by atoms with E-state index in [-0.39, 0.29) is 13.4 Å². The van der Waals surface area contributed by atoms with Crippen molar-refractivity contribution in [2.75, 3.05) is 14.2 Å². The summed E-state index contributed by atoms with van der Waals surface area (Å²) in [6, 6.07) is 30.4. The second kappa shape index (κ2) is 25.9. The summed E-state index contributed by atoms with van der Waals surface area (Å²) in [5.41, 5.74) is 4.91. The van der Waals surface area contributed by atoms with Gasteiger partial charge < -0.3 is 9.84 Å². The molecule has 1 unspecified atom stereocenters. The van der Waals surface area contributed by atoms with Crippen LogP contribution in [0.5, 0.6) is 0 Å². The minimum absolute atomic E-state index is 0. The van der Waals surface area contributed by atoms with E-state index in [0.717, 1.165) is 13.5 Å². The maximum atomic E-state index is 10.8. The Labute approximate surface area is 218 Å². The van der Waals surface area contributed by atoms with Crippen LogP contribution in [-0.2, 0) is 20.6 Å². The van der Waals surface area contributed by atoms with Crippen LogP contribution in [0.4, 0.5) is 0 Å². The first-order valence-corrected chi connectivity index (χ1v) is 11.1. The number of aryl methyl sites for hydroxylation is 1. The van der Waals surface area contributed by atoms with Crippen molar-refractivity contribution >= 4 is 12.0 Å². The van der Waals surface area contributed by atoms with Crippen LogP contribution in [0.1, 0.15) is 50.3 Å². The number of aliphatic hydroxyl groups is 1. The van der Waals surface area contributed by atoms with Crippen LogP contribution in [0.15, 0.2) is 110 Å². The zero-order valence-corrected chi connectivity index (χ0v) is 21.3. The van der Waals surface area contributed by atoms with E-state index in [2.05, 4.69) is 62.7 Å². The molecule has 0 fully saturated rings. The van der Waals surface area contributed by atoms with Gasteiger partial charge in [0.2, 0.25) is 0 Å². The maximum absolute atomic E-state index is 10.8. The summed E-state index contributed by atoms with van der Waals surface area (Å²) in [5, 5.41) is 7.00. The Kier molecular flexibility index (Phi) is 26.6. The Morgan fingerprint density at radius 3 is 1.72 bits per heavy atom. The van der Waals surface area contributed by atoms with E-state index in [4.69, 9.17) is 9.76 Å². The Hall–Kier alpha value is -3.69. The van der Waals surface area contributed by atoms with Gasteiger partial charge in [-0.25, -0.2) is 0 Å². The summed E-state index contributed by atoms with van der Waals surface area (Å²) in [6.07, 6.45) is 3.05. The van der Waals surface area contributed by atoms with Gasteiger partial charge in [-0.3, -0.25) is 4.79 Å². The fourth-order valence-corrected chi connectivity index (χ4v) is 2.61. The molecule has 3 aromatic rings. The van der Waals surface area contributed by atoms with E-state index in [9.17, 15) is 4.79 Å². The zero-order chi connectivity index (χ0) is 26.9. The van der Waals surface area contributed by atoms with Gasteiger partial charge in [-0.1, -0.05) is 130 Å². The van der Waals surface area contributed by atoms with E-state index < -0.39 is 0 Å². The van der Waals surface area contributed by atoms with Gasteiger partial charge in [0.25, 0.3) is 0 Å². The summed E-state index contributed by atoms with van der Waals surface area (Å²) in [4.78, 5) is 10.8. The average Bonchev–Trinajstić information content (AvgIpc) is 2.95. The van der Waals surface area contributed by atoms with Crippen molar-refractivity contribution in [1.82, 2.24) is 0 Å². The van der Waals surface area contributed by atoms with Crippen molar-refractivity contribution in [3.63, 3.8) is 0 Å². The fourth-order valence-electron chi connectivity index (χ4n) is 2.61. The van der Waals surface area contributed by atoms with Crippen molar-refractivity contribution in [2.45, 2.75) is 40.0 Å². The van der Waals surface area contributed by atoms with Gasteiger partial charge in [0.1, 0.15) is 0 Å². The molecule has 0 saturated heterocycles. The molecule has 0 amide bonds. The molecule has 0 bridgehead atoms. The predicted octanol–water partition coefficient (Wildman–Crippen LogP) is 7.70. The van der Waals surface area contributed by atoms with Crippen molar-refractivity contribution in [1.29, 1.82) is 0 Å². The van der Waals surface area contributed by atoms with E-state index in [1.54, 1.807) is 0 Å². The number of carbonyl (C=O) groups excluding carboxylic acids is 1. The molecule has 0 saturated carbocycles. The molecule has 3 aromatic carbocycles. The summed E-state index contributed by atoms with van der Waals surface area (Å²) in [7, 11) is 2.41. The van der Waals surface area contributed by atoms with Crippen LogP contribution in [0.25, 0.3) is 6.08 Å². The molecular weight excluding hydrogens is 448 g/mol. The summed E-state index contributed by atoms with van der Waals surface area (Å²) < 4.78 is 12.0. The number of esters is 1. The van der Waals surface area contributed by atoms with Crippen LogP contribution in [0.3, 0.4) is 0 Å². The second-order valence-electron chi connectivity index (χ2n) is 7.16. The minimum atomic E-state index is -0.154. The molecule has 0 radical (unpaired) electrons. The molecule has 0 aliphatic heterocycles. The summed E-state index contributed by atoms with van der Waals surface area (Å²) in [5.74, 6) is 0.329.